The van der Waals surface area contributed by atoms with Crippen LogP contribution in [-0.4, -0.2) is 61.6 Å². The van der Waals surface area contributed by atoms with Crippen molar-refractivity contribution < 1.29 is 14.3 Å². The summed E-state index contributed by atoms with van der Waals surface area (Å²) in [6.45, 7) is 7.40. The van der Waals surface area contributed by atoms with Crippen molar-refractivity contribution in [2.45, 2.75) is 25.9 Å². The number of carbonyl (C=O) groups is 1. The molecule has 1 aromatic rings. The summed E-state index contributed by atoms with van der Waals surface area (Å²) in [5.41, 5.74) is 6.24. The zero-order valence-corrected chi connectivity index (χ0v) is 16.9. The highest BCUT2D eigenvalue weighted by molar-refractivity contribution is 5.86. The normalized spacial score (nSPS) is 15.0. The van der Waals surface area contributed by atoms with E-state index in [-0.39, 0.29) is 30.7 Å². The second kappa shape index (κ2) is 10.1. The maximum Gasteiger partial charge on any atom is 0.242 e. The molecule has 1 aliphatic rings. The molecule has 144 valence electrons. The molecule has 0 saturated carbocycles. The molecule has 0 unspecified atom stereocenters. The molecule has 2 N–H and O–H groups in total. The number of hydrogen-bond donors (Lipinski definition) is 1. The van der Waals surface area contributed by atoms with Gasteiger partial charge in [-0.3, -0.25) is 9.69 Å². The second-order valence-corrected chi connectivity index (χ2v) is 6.51. The van der Waals surface area contributed by atoms with Crippen LogP contribution in [0, 0.1) is 0 Å². The first-order chi connectivity index (χ1) is 10.8. The number of methoxy groups -OCH3 is 2. The lowest BCUT2D eigenvalue weighted by molar-refractivity contribution is -0.137. The molecular formula is C17H29Cl2N3O3. The van der Waals surface area contributed by atoms with Gasteiger partial charge in [0.15, 0.2) is 0 Å². The molecule has 0 aliphatic carbocycles. The molecule has 0 atom stereocenters. The number of nitrogens with zero attached hydrogens (tertiary/aromatic N) is 2. The highest BCUT2D eigenvalue weighted by atomic mass is 35.5. The minimum Gasteiger partial charge on any atom is -0.497 e. The summed E-state index contributed by atoms with van der Waals surface area (Å²) in [5, 5.41) is 0. The van der Waals surface area contributed by atoms with Gasteiger partial charge in [-0.05, 0) is 31.5 Å². The average Bonchev–Trinajstić information content (AvgIpc) is 2.53. The van der Waals surface area contributed by atoms with Gasteiger partial charge < -0.3 is 20.1 Å². The highest BCUT2D eigenvalue weighted by Gasteiger charge is 2.30. The molecule has 2 rings (SSSR count). The van der Waals surface area contributed by atoms with Crippen LogP contribution in [0.15, 0.2) is 18.2 Å². The Labute approximate surface area is 162 Å². The lowest BCUT2D eigenvalue weighted by atomic mass is 10.0. The van der Waals surface area contributed by atoms with E-state index in [9.17, 15) is 4.79 Å². The summed E-state index contributed by atoms with van der Waals surface area (Å²) in [6, 6.07) is 5.90. The molecule has 6 nitrogen and oxygen atoms in total. The molecular weight excluding hydrogens is 365 g/mol. The topological polar surface area (TPSA) is 68.0 Å². The average molecular weight is 394 g/mol. The van der Waals surface area contributed by atoms with Crippen molar-refractivity contribution in [2.75, 3.05) is 40.4 Å². The number of benzene rings is 1. The van der Waals surface area contributed by atoms with Crippen LogP contribution in [0.1, 0.15) is 19.4 Å². The molecule has 25 heavy (non-hydrogen) atoms. The molecule has 0 radical (unpaired) electrons. The number of rotatable bonds is 5. The van der Waals surface area contributed by atoms with Crippen molar-refractivity contribution in [1.82, 2.24) is 9.80 Å². The number of ether oxygens (including phenoxy) is 2. The van der Waals surface area contributed by atoms with Crippen molar-refractivity contribution in [3.63, 3.8) is 0 Å². The van der Waals surface area contributed by atoms with Crippen LogP contribution in [0.2, 0.25) is 0 Å². The van der Waals surface area contributed by atoms with Crippen LogP contribution in [0.25, 0.3) is 0 Å². The largest absolute Gasteiger partial charge is 0.497 e. The minimum atomic E-state index is -0.803. The fourth-order valence-electron chi connectivity index (χ4n) is 2.73. The third-order valence-corrected chi connectivity index (χ3v) is 4.03. The van der Waals surface area contributed by atoms with Gasteiger partial charge in [0.2, 0.25) is 5.91 Å². The third kappa shape index (κ3) is 6.55. The summed E-state index contributed by atoms with van der Waals surface area (Å²) in [6.07, 6.45) is 0. The van der Waals surface area contributed by atoms with E-state index in [1.165, 1.54) is 0 Å². The maximum absolute atomic E-state index is 12.2. The number of piperazine rings is 1. The molecule has 1 fully saturated rings. The zero-order chi connectivity index (χ0) is 17.0. The number of nitrogens with two attached hydrogens (primary N) is 1. The smallest absolute Gasteiger partial charge is 0.242 e. The lowest BCUT2D eigenvalue weighted by Crippen LogP contribution is -2.56. The van der Waals surface area contributed by atoms with Crippen molar-refractivity contribution >= 4 is 30.7 Å². The first-order valence-corrected chi connectivity index (χ1v) is 7.86. The Balaban J connectivity index is 0.00000288. The second-order valence-electron chi connectivity index (χ2n) is 6.51. The Morgan fingerprint density at radius 3 is 1.92 bits per heavy atom. The molecule has 1 saturated heterocycles. The van der Waals surface area contributed by atoms with E-state index >= 15 is 0 Å². The van der Waals surface area contributed by atoms with Crippen LogP contribution in [0.4, 0.5) is 0 Å². The lowest BCUT2D eigenvalue weighted by Gasteiger charge is -2.37. The Hall–Kier alpha value is -1.21. The summed E-state index contributed by atoms with van der Waals surface area (Å²) in [7, 11) is 3.30. The van der Waals surface area contributed by atoms with Gasteiger partial charge in [-0.1, -0.05) is 0 Å². The van der Waals surface area contributed by atoms with Crippen LogP contribution < -0.4 is 15.2 Å². The van der Waals surface area contributed by atoms with Crippen LogP contribution in [0.3, 0.4) is 0 Å². The van der Waals surface area contributed by atoms with Crippen LogP contribution >= 0.6 is 24.8 Å². The number of hydrogen-bond acceptors (Lipinski definition) is 5. The minimum absolute atomic E-state index is 0. The molecule has 0 spiro atoms. The summed E-state index contributed by atoms with van der Waals surface area (Å²) >= 11 is 0. The van der Waals surface area contributed by atoms with E-state index in [0.717, 1.165) is 36.7 Å². The predicted molar refractivity (Wildman–Crippen MR) is 104 cm³/mol. The van der Waals surface area contributed by atoms with Gasteiger partial charge in [0.25, 0.3) is 0 Å². The van der Waals surface area contributed by atoms with Gasteiger partial charge >= 0.3 is 0 Å². The van der Waals surface area contributed by atoms with E-state index in [2.05, 4.69) is 4.90 Å². The van der Waals surface area contributed by atoms with Gasteiger partial charge in [0, 0.05) is 38.8 Å². The van der Waals surface area contributed by atoms with Gasteiger partial charge in [-0.15, -0.1) is 24.8 Å². The van der Waals surface area contributed by atoms with Crippen LogP contribution in [-0.2, 0) is 11.3 Å². The molecule has 1 aliphatic heterocycles. The number of carbonyl (C=O) groups excluding carboxylic acids is 1. The van der Waals surface area contributed by atoms with Gasteiger partial charge in [0.1, 0.15) is 11.5 Å². The van der Waals surface area contributed by atoms with Crippen molar-refractivity contribution in [2.24, 2.45) is 5.73 Å². The molecule has 1 aromatic carbocycles. The van der Waals surface area contributed by atoms with Gasteiger partial charge in [0.05, 0.1) is 19.8 Å². The van der Waals surface area contributed by atoms with E-state index in [1.54, 1.807) is 28.1 Å². The first kappa shape index (κ1) is 23.8. The molecule has 1 heterocycles. The summed E-state index contributed by atoms with van der Waals surface area (Å²) in [4.78, 5) is 16.4. The van der Waals surface area contributed by atoms with Gasteiger partial charge in [-0.2, -0.15) is 0 Å². The highest BCUT2D eigenvalue weighted by Crippen LogP contribution is 2.23. The summed E-state index contributed by atoms with van der Waals surface area (Å²) < 4.78 is 10.6. The van der Waals surface area contributed by atoms with Crippen molar-refractivity contribution in [1.29, 1.82) is 0 Å². The number of halogens is 2. The fourth-order valence-corrected chi connectivity index (χ4v) is 2.73. The van der Waals surface area contributed by atoms with Crippen molar-refractivity contribution in [3.8, 4) is 11.5 Å². The molecule has 0 aromatic heterocycles. The van der Waals surface area contributed by atoms with E-state index in [1.807, 2.05) is 23.1 Å². The van der Waals surface area contributed by atoms with E-state index in [4.69, 9.17) is 15.2 Å². The number of amides is 1. The maximum atomic E-state index is 12.2. The Morgan fingerprint density at radius 1 is 1.04 bits per heavy atom. The summed E-state index contributed by atoms with van der Waals surface area (Å²) in [5.74, 6) is 1.59. The molecule has 0 bridgehead atoms. The molecule has 8 heteroatoms. The Kier molecular flexibility index (Phi) is 9.58. The predicted octanol–water partition coefficient (Wildman–Crippen LogP) is 1.93. The molecule has 1 amide bonds. The standard InChI is InChI=1S/C17H27N3O3.2ClH/c1-17(2,18)16(21)20-7-5-19(6-8-20)12-13-9-14(22-3)11-15(10-13)23-4;;/h9-11H,5-8,12,18H2,1-4H3;2*1H. The fraction of sp³-hybridized carbons (Fsp3) is 0.588. The van der Waals surface area contributed by atoms with Crippen LogP contribution in [0.5, 0.6) is 11.5 Å². The van der Waals surface area contributed by atoms with Gasteiger partial charge in [-0.25, -0.2) is 0 Å². The first-order valence-electron chi connectivity index (χ1n) is 7.86. The SMILES string of the molecule is COc1cc(CN2CCN(C(=O)C(C)(C)N)CC2)cc(OC)c1.Cl.Cl. The van der Waals surface area contributed by atoms with E-state index < -0.39 is 5.54 Å². The van der Waals surface area contributed by atoms with E-state index in [0.29, 0.717) is 13.1 Å². The Morgan fingerprint density at radius 2 is 1.52 bits per heavy atom. The van der Waals surface area contributed by atoms with Crippen molar-refractivity contribution in [3.05, 3.63) is 23.8 Å². The quantitative estimate of drug-likeness (QED) is 0.827. The Bertz CT molecular complexity index is 534. The monoisotopic (exact) mass is 393 g/mol. The third-order valence-electron chi connectivity index (χ3n) is 4.03. The zero-order valence-electron chi connectivity index (χ0n) is 15.3.